The summed E-state index contributed by atoms with van der Waals surface area (Å²) >= 11 is 0. The van der Waals surface area contributed by atoms with Crippen LogP contribution in [0.15, 0.2) is 60.7 Å². The van der Waals surface area contributed by atoms with Crippen molar-refractivity contribution in [2.24, 2.45) is 0 Å². The van der Waals surface area contributed by atoms with Crippen LogP contribution in [-0.2, 0) is 11.3 Å². The number of nitrogens with zero attached hydrogens (tertiary/aromatic N) is 1. The van der Waals surface area contributed by atoms with E-state index in [4.69, 9.17) is 9.84 Å². The van der Waals surface area contributed by atoms with Crippen LogP contribution in [-0.4, -0.2) is 40.0 Å². The minimum absolute atomic E-state index is 0.165. The van der Waals surface area contributed by atoms with Crippen LogP contribution in [0.4, 0.5) is 4.79 Å². The van der Waals surface area contributed by atoms with Crippen molar-refractivity contribution in [3.63, 3.8) is 0 Å². The number of amides is 1. The summed E-state index contributed by atoms with van der Waals surface area (Å²) in [5, 5.41) is 20.2. The molecule has 1 fully saturated rings. The Morgan fingerprint density at radius 3 is 2.48 bits per heavy atom. The fourth-order valence-electron chi connectivity index (χ4n) is 3.46. The predicted octanol–water partition coefficient (Wildman–Crippen LogP) is 2.89. The van der Waals surface area contributed by atoms with Gasteiger partial charge in [-0.1, -0.05) is 72.5 Å². The number of ether oxygens (including phenoxy) is 1. The first-order valence-electron chi connectivity index (χ1n) is 8.99. The second kappa shape index (κ2) is 8.72. The molecule has 1 aliphatic heterocycles. The monoisotopic (exact) mass is 365 g/mol. The van der Waals surface area contributed by atoms with E-state index in [0.29, 0.717) is 19.4 Å². The SMILES string of the molecule is O=C(OCc1ccccc1)N1CCC[C@](O)(C#CCO)[C@@H]1c1ccccc1. The Hall–Kier alpha value is -2.81. The zero-order chi connectivity index (χ0) is 19.1. The Bertz CT molecular complexity index is 812. The van der Waals surface area contributed by atoms with E-state index in [9.17, 15) is 9.90 Å². The summed E-state index contributed by atoms with van der Waals surface area (Å²) in [5.41, 5.74) is 0.242. The Balaban J connectivity index is 1.86. The zero-order valence-corrected chi connectivity index (χ0v) is 15.0. The Morgan fingerprint density at radius 2 is 1.81 bits per heavy atom. The molecule has 0 spiro atoms. The van der Waals surface area contributed by atoms with Crippen molar-refractivity contribution < 1.29 is 19.7 Å². The molecular formula is C22H23NO4. The van der Waals surface area contributed by atoms with Gasteiger partial charge in [-0.25, -0.2) is 4.79 Å². The first kappa shape index (κ1) is 19.0. The molecule has 0 radical (unpaired) electrons. The molecule has 0 unspecified atom stereocenters. The van der Waals surface area contributed by atoms with Gasteiger partial charge >= 0.3 is 6.09 Å². The van der Waals surface area contributed by atoms with Gasteiger partial charge in [0.2, 0.25) is 0 Å². The number of hydrogen-bond donors (Lipinski definition) is 2. The van der Waals surface area contributed by atoms with Gasteiger partial charge in [-0.2, -0.15) is 0 Å². The molecule has 0 saturated carbocycles. The van der Waals surface area contributed by atoms with Gasteiger partial charge in [-0.05, 0) is 24.0 Å². The molecule has 1 aliphatic rings. The Morgan fingerprint density at radius 1 is 1.15 bits per heavy atom. The van der Waals surface area contributed by atoms with E-state index in [2.05, 4.69) is 11.8 Å². The van der Waals surface area contributed by atoms with Crippen molar-refractivity contribution in [2.45, 2.75) is 31.1 Å². The second-order valence-corrected chi connectivity index (χ2v) is 6.53. The molecule has 3 rings (SSSR count). The Labute approximate surface area is 159 Å². The topological polar surface area (TPSA) is 70.0 Å². The van der Waals surface area contributed by atoms with Crippen LogP contribution in [0, 0.1) is 11.8 Å². The van der Waals surface area contributed by atoms with Gasteiger partial charge in [-0.3, -0.25) is 4.90 Å². The summed E-state index contributed by atoms with van der Waals surface area (Å²) in [5.74, 6) is 5.31. The maximum absolute atomic E-state index is 12.8. The van der Waals surface area contributed by atoms with Crippen molar-refractivity contribution in [3.05, 3.63) is 71.8 Å². The molecule has 1 amide bonds. The minimum Gasteiger partial charge on any atom is -0.445 e. The predicted molar refractivity (Wildman–Crippen MR) is 102 cm³/mol. The third-order valence-corrected chi connectivity index (χ3v) is 4.66. The van der Waals surface area contributed by atoms with Crippen LogP contribution in [0.2, 0.25) is 0 Å². The van der Waals surface area contributed by atoms with Crippen LogP contribution >= 0.6 is 0 Å². The quantitative estimate of drug-likeness (QED) is 0.821. The van der Waals surface area contributed by atoms with Crippen LogP contribution in [0.5, 0.6) is 0 Å². The largest absolute Gasteiger partial charge is 0.445 e. The van der Waals surface area contributed by atoms with Crippen LogP contribution < -0.4 is 0 Å². The smallest absolute Gasteiger partial charge is 0.410 e. The second-order valence-electron chi connectivity index (χ2n) is 6.53. The number of carbonyl (C=O) groups is 1. The normalized spacial score (nSPS) is 21.9. The lowest BCUT2D eigenvalue weighted by molar-refractivity contribution is -0.0394. The third kappa shape index (κ3) is 4.48. The highest BCUT2D eigenvalue weighted by atomic mass is 16.6. The first-order chi connectivity index (χ1) is 13.1. The maximum Gasteiger partial charge on any atom is 0.410 e. The summed E-state index contributed by atoms with van der Waals surface area (Å²) in [4.78, 5) is 14.3. The molecule has 2 aromatic carbocycles. The lowest BCUT2D eigenvalue weighted by Gasteiger charge is -2.44. The van der Waals surface area contributed by atoms with E-state index >= 15 is 0 Å². The highest BCUT2D eigenvalue weighted by Crippen LogP contribution is 2.39. The average molecular weight is 365 g/mol. The molecule has 0 bridgehead atoms. The number of benzene rings is 2. The molecule has 140 valence electrons. The molecular weight excluding hydrogens is 342 g/mol. The van der Waals surface area contributed by atoms with Gasteiger partial charge in [0.1, 0.15) is 24.9 Å². The molecule has 2 N–H and O–H groups in total. The Kier molecular flexibility index (Phi) is 6.12. The number of aliphatic hydroxyl groups excluding tert-OH is 1. The first-order valence-corrected chi connectivity index (χ1v) is 8.99. The number of likely N-dealkylation sites (tertiary alicyclic amines) is 1. The van der Waals surface area contributed by atoms with E-state index in [1.54, 1.807) is 0 Å². The van der Waals surface area contributed by atoms with Crippen molar-refractivity contribution in [3.8, 4) is 11.8 Å². The lowest BCUT2D eigenvalue weighted by atomic mass is 9.81. The van der Waals surface area contributed by atoms with Gasteiger partial charge in [0, 0.05) is 6.54 Å². The standard InChI is InChI=1S/C22H23NO4/c24-16-8-14-22(26)13-7-15-23(20(22)19-11-5-2-6-12-19)21(25)27-17-18-9-3-1-4-10-18/h1-6,9-12,20,24,26H,7,13,15-17H2/t20-,22-/m0/s1. The fourth-order valence-corrected chi connectivity index (χ4v) is 3.46. The van der Waals surface area contributed by atoms with Crippen molar-refractivity contribution >= 4 is 6.09 Å². The molecule has 0 aliphatic carbocycles. The fraction of sp³-hybridized carbons (Fsp3) is 0.318. The molecule has 0 aromatic heterocycles. The molecule has 1 heterocycles. The van der Waals surface area contributed by atoms with Gasteiger partial charge in [-0.15, -0.1) is 0 Å². The third-order valence-electron chi connectivity index (χ3n) is 4.66. The number of hydrogen-bond acceptors (Lipinski definition) is 4. The number of rotatable bonds is 3. The highest BCUT2D eigenvalue weighted by Gasteiger charge is 2.45. The molecule has 1 saturated heterocycles. The van der Waals surface area contributed by atoms with Crippen LogP contribution in [0.1, 0.15) is 30.0 Å². The van der Waals surface area contributed by atoms with E-state index < -0.39 is 17.7 Å². The number of aliphatic hydroxyl groups is 2. The zero-order valence-electron chi connectivity index (χ0n) is 15.0. The lowest BCUT2D eigenvalue weighted by Crippen LogP contribution is -2.52. The molecule has 5 nitrogen and oxygen atoms in total. The minimum atomic E-state index is -1.44. The number of piperidine rings is 1. The van der Waals surface area contributed by atoms with Crippen molar-refractivity contribution in [2.75, 3.05) is 13.2 Å². The van der Waals surface area contributed by atoms with Gasteiger partial charge < -0.3 is 14.9 Å². The van der Waals surface area contributed by atoms with E-state index in [-0.39, 0.29) is 13.2 Å². The van der Waals surface area contributed by atoms with E-state index in [0.717, 1.165) is 11.1 Å². The molecule has 27 heavy (non-hydrogen) atoms. The maximum atomic E-state index is 12.8. The van der Waals surface area contributed by atoms with Crippen LogP contribution in [0.25, 0.3) is 0 Å². The summed E-state index contributed by atoms with van der Waals surface area (Å²) in [6, 6.07) is 18.1. The summed E-state index contributed by atoms with van der Waals surface area (Å²) in [6.45, 7) is 0.289. The van der Waals surface area contributed by atoms with Crippen LogP contribution in [0.3, 0.4) is 0 Å². The summed E-state index contributed by atoms with van der Waals surface area (Å²) < 4.78 is 5.50. The van der Waals surface area contributed by atoms with Crippen molar-refractivity contribution in [1.29, 1.82) is 0 Å². The summed E-state index contributed by atoms with van der Waals surface area (Å²) in [6.07, 6.45) is 0.527. The van der Waals surface area contributed by atoms with E-state index in [1.807, 2.05) is 60.7 Å². The summed E-state index contributed by atoms with van der Waals surface area (Å²) in [7, 11) is 0. The van der Waals surface area contributed by atoms with E-state index in [1.165, 1.54) is 4.90 Å². The van der Waals surface area contributed by atoms with Gasteiger partial charge in [0.25, 0.3) is 0 Å². The molecule has 2 atom stereocenters. The molecule has 5 heteroatoms. The number of carbonyl (C=O) groups excluding carboxylic acids is 1. The van der Waals surface area contributed by atoms with Gasteiger partial charge in [0.05, 0.1) is 0 Å². The molecule has 2 aromatic rings. The highest BCUT2D eigenvalue weighted by molar-refractivity contribution is 5.69. The average Bonchev–Trinajstić information content (AvgIpc) is 2.71. The van der Waals surface area contributed by atoms with Crippen molar-refractivity contribution in [1.82, 2.24) is 4.90 Å². The van der Waals surface area contributed by atoms with Gasteiger partial charge in [0.15, 0.2) is 0 Å².